The molecule has 21 heavy (non-hydrogen) atoms. The number of ether oxygens (including phenoxy) is 1. The van der Waals surface area contributed by atoms with Crippen molar-refractivity contribution in [2.45, 2.75) is 46.2 Å². The molecule has 0 radical (unpaired) electrons. The van der Waals surface area contributed by atoms with Crippen LogP contribution in [0.25, 0.3) is 0 Å². The summed E-state index contributed by atoms with van der Waals surface area (Å²) in [6.07, 6.45) is 8.07. The Morgan fingerprint density at radius 2 is 2.14 bits per heavy atom. The van der Waals surface area contributed by atoms with Crippen LogP contribution in [0.15, 0.2) is 24.4 Å². The van der Waals surface area contributed by atoms with Crippen molar-refractivity contribution in [1.82, 2.24) is 10.3 Å². The third-order valence-corrected chi connectivity index (χ3v) is 3.99. The number of rotatable bonds is 6. The molecule has 1 aromatic rings. The van der Waals surface area contributed by atoms with Gasteiger partial charge in [0.25, 0.3) is 5.88 Å². The Bertz CT molecular complexity index is 488. The molecule has 2 unspecified atom stereocenters. The monoisotopic (exact) mass is 292 g/mol. The summed E-state index contributed by atoms with van der Waals surface area (Å²) >= 11 is 0. The molecule has 1 N–H and O–H groups in total. The zero-order valence-electron chi connectivity index (χ0n) is 13.1. The highest BCUT2D eigenvalue weighted by Gasteiger charge is 2.20. The summed E-state index contributed by atoms with van der Waals surface area (Å²) < 4.78 is 20.0. The molecule has 1 aliphatic carbocycles. The van der Waals surface area contributed by atoms with E-state index in [1.807, 2.05) is 13.8 Å². The Balaban J connectivity index is 1.96. The van der Waals surface area contributed by atoms with Gasteiger partial charge in [-0.15, -0.1) is 0 Å². The molecule has 2 rings (SSSR count). The molecule has 1 aliphatic rings. The van der Waals surface area contributed by atoms with Crippen molar-refractivity contribution in [1.29, 1.82) is 0 Å². The molecular formula is C17H25FN2O. The van der Waals surface area contributed by atoms with Crippen LogP contribution in [-0.4, -0.2) is 17.6 Å². The summed E-state index contributed by atoms with van der Waals surface area (Å²) in [7, 11) is 0. The molecule has 0 saturated heterocycles. The standard InChI is InChI=1S/C17H25FN2O/c1-12(2)20-10-14-8-9-19-17(16(14)18)21-11-15-7-5-4-6-13(15)3/h4-5,8-9,12-13,15,20H,6-7,10-11H2,1-3H3. The minimum Gasteiger partial charge on any atom is -0.475 e. The summed E-state index contributed by atoms with van der Waals surface area (Å²) in [4.78, 5) is 4.03. The predicted molar refractivity (Wildman–Crippen MR) is 82.7 cm³/mol. The lowest BCUT2D eigenvalue weighted by atomic mass is 9.85. The highest BCUT2D eigenvalue weighted by atomic mass is 19.1. The smallest absolute Gasteiger partial charge is 0.250 e. The van der Waals surface area contributed by atoms with Crippen molar-refractivity contribution in [3.8, 4) is 5.88 Å². The van der Waals surface area contributed by atoms with Gasteiger partial charge >= 0.3 is 0 Å². The molecule has 1 aromatic heterocycles. The van der Waals surface area contributed by atoms with Crippen molar-refractivity contribution >= 4 is 0 Å². The number of hydrogen-bond acceptors (Lipinski definition) is 3. The van der Waals surface area contributed by atoms with E-state index in [0.29, 0.717) is 36.6 Å². The van der Waals surface area contributed by atoms with Crippen molar-refractivity contribution in [3.05, 3.63) is 35.8 Å². The van der Waals surface area contributed by atoms with Gasteiger partial charge in [-0.1, -0.05) is 32.9 Å². The average Bonchev–Trinajstić information content (AvgIpc) is 2.46. The van der Waals surface area contributed by atoms with Crippen molar-refractivity contribution in [2.75, 3.05) is 6.61 Å². The number of aromatic nitrogens is 1. The Hall–Kier alpha value is -1.42. The minimum absolute atomic E-state index is 0.125. The third-order valence-electron chi connectivity index (χ3n) is 3.99. The molecule has 0 bridgehead atoms. The van der Waals surface area contributed by atoms with Crippen LogP contribution in [-0.2, 0) is 6.54 Å². The van der Waals surface area contributed by atoms with Gasteiger partial charge in [0.15, 0.2) is 5.82 Å². The fourth-order valence-electron chi connectivity index (χ4n) is 2.44. The summed E-state index contributed by atoms with van der Waals surface area (Å²) in [6.45, 7) is 7.30. The molecule has 3 nitrogen and oxygen atoms in total. The van der Waals surface area contributed by atoms with Gasteiger partial charge in [0.1, 0.15) is 0 Å². The molecule has 1 heterocycles. The van der Waals surface area contributed by atoms with E-state index >= 15 is 0 Å². The molecule has 2 atom stereocenters. The number of halogens is 1. The van der Waals surface area contributed by atoms with Crippen LogP contribution in [0.1, 0.15) is 39.2 Å². The quantitative estimate of drug-likeness (QED) is 0.812. The fraction of sp³-hybridized carbons (Fsp3) is 0.588. The van der Waals surface area contributed by atoms with Crippen LogP contribution < -0.4 is 10.1 Å². The molecule has 116 valence electrons. The van der Waals surface area contributed by atoms with Crippen LogP contribution >= 0.6 is 0 Å². The Kier molecular flexibility index (Phi) is 5.74. The Morgan fingerprint density at radius 1 is 1.38 bits per heavy atom. The summed E-state index contributed by atoms with van der Waals surface area (Å²) in [5, 5.41) is 3.21. The van der Waals surface area contributed by atoms with E-state index in [-0.39, 0.29) is 11.7 Å². The van der Waals surface area contributed by atoms with E-state index in [9.17, 15) is 4.39 Å². The number of pyridine rings is 1. The largest absolute Gasteiger partial charge is 0.475 e. The van der Waals surface area contributed by atoms with Crippen LogP contribution in [0.4, 0.5) is 4.39 Å². The topological polar surface area (TPSA) is 34.2 Å². The SMILES string of the molecule is CC(C)NCc1ccnc(OCC2CC=CCC2C)c1F. The Morgan fingerprint density at radius 3 is 2.86 bits per heavy atom. The van der Waals surface area contributed by atoms with E-state index in [2.05, 4.69) is 29.4 Å². The zero-order chi connectivity index (χ0) is 15.2. The van der Waals surface area contributed by atoms with E-state index < -0.39 is 0 Å². The molecule has 0 aromatic carbocycles. The van der Waals surface area contributed by atoms with Gasteiger partial charge in [0.2, 0.25) is 0 Å². The highest BCUT2D eigenvalue weighted by molar-refractivity contribution is 5.23. The van der Waals surface area contributed by atoms with E-state index in [1.165, 1.54) is 0 Å². The molecule has 0 fully saturated rings. The zero-order valence-corrected chi connectivity index (χ0v) is 13.1. The van der Waals surface area contributed by atoms with Gasteiger partial charge in [-0.25, -0.2) is 9.37 Å². The predicted octanol–water partition coefficient (Wildman–Crippen LogP) is 3.70. The first-order chi connectivity index (χ1) is 10.1. The minimum atomic E-state index is -0.343. The first-order valence-corrected chi connectivity index (χ1v) is 7.72. The van der Waals surface area contributed by atoms with Gasteiger partial charge < -0.3 is 10.1 Å². The first-order valence-electron chi connectivity index (χ1n) is 7.72. The summed E-state index contributed by atoms with van der Waals surface area (Å²) in [5.41, 5.74) is 0.602. The van der Waals surface area contributed by atoms with Crippen LogP contribution in [0, 0.1) is 17.7 Å². The lowest BCUT2D eigenvalue weighted by Crippen LogP contribution is -2.23. The Labute approximate surface area is 126 Å². The summed E-state index contributed by atoms with van der Waals surface area (Å²) in [6, 6.07) is 2.01. The van der Waals surface area contributed by atoms with Gasteiger partial charge in [0, 0.05) is 24.3 Å². The second-order valence-electron chi connectivity index (χ2n) is 6.12. The van der Waals surface area contributed by atoms with Gasteiger partial charge in [-0.3, -0.25) is 0 Å². The second kappa shape index (κ2) is 7.55. The number of nitrogens with zero attached hydrogens (tertiary/aromatic N) is 1. The fourth-order valence-corrected chi connectivity index (χ4v) is 2.44. The average molecular weight is 292 g/mol. The highest BCUT2D eigenvalue weighted by Crippen LogP contribution is 2.26. The number of allylic oxidation sites excluding steroid dienone is 2. The number of nitrogens with one attached hydrogen (secondary N) is 1. The maximum absolute atomic E-state index is 14.3. The van der Waals surface area contributed by atoms with E-state index in [4.69, 9.17) is 4.74 Å². The lowest BCUT2D eigenvalue weighted by Gasteiger charge is -2.25. The molecule has 4 heteroatoms. The van der Waals surface area contributed by atoms with Crippen molar-refractivity contribution in [2.24, 2.45) is 11.8 Å². The maximum atomic E-state index is 14.3. The third kappa shape index (κ3) is 4.53. The van der Waals surface area contributed by atoms with Crippen LogP contribution in [0.3, 0.4) is 0 Å². The second-order valence-corrected chi connectivity index (χ2v) is 6.12. The molecule has 0 amide bonds. The molecular weight excluding hydrogens is 267 g/mol. The lowest BCUT2D eigenvalue weighted by molar-refractivity contribution is 0.185. The number of hydrogen-bond donors (Lipinski definition) is 1. The van der Waals surface area contributed by atoms with Crippen LogP contribution in [0.5, 0.6) is 5.88 Å². The maximum Gasteiger partial charge on any atom is 0.250 e. The molecule has 0 aliphatic heterocycles. The van der Waals surface area contributed by atoms with Gasteiger partial charge in [0.05, 0.1) is 6.61 Å². The summed E-state index contributed by atoms with van der Waals surface area (Å²) in [5.74, 6) is 0.793. The van der Waals surface area contributed by atoms with E-state index in [0.717, 1.165) is 12.8 Å². The van der Waals surface area contributed by atoms with Crippen molar-refractivity contribution in [3.63, 3.8) is 0 Å². The molecule has 0 saturated carbocycles. The normalized spacial score (nSPS) is 21.8. The molecule has 0 spiro atoms. The van der Waals surface area contributed by atoms with Gasteiger partial charge in [-0.05, 0) is 30.7 Å². The van der Waals surface area contributed by atoms with Crippen molar-refractivity contribution < 1.29 is 9.13 Å². The van der Waals surface area contributed by atoms with Crippen LogP contribution in [0.2, 0.25) is 0 Å². The van der Waals surface area contributed by atoms with Gasteiger partial charge in [-0.2, -0.15) is 0 Å². The van der Waals surface area contributed by atoms with E-state index in [1.54, 1.807) is 12.3 Å². The first kappa shape index (κ1) is 16.0.